The maximum absolute atomic E-state index is 9.71. The first kappa shape index (κ1) is 10.7. The number of aliphatic hydroxyl groups excluding tert-OH is 1. The molecular formula is C4H7NO4. The predicted octanol–water partition coefficient (Wildman–Crippen LogP) is -0.947. The van der Waals surface area contributed by atoms with Crippen LogP contribution in [-0.2, 0) is 14.3 Å². The predicted molar refractivity (Wildman–Crippen MR) is 27.5 cm³/mol. The summed E-state index contributed by atoms with van der Waals surface area (Å²) in [6, 6.07) is 0. The summed E-state index contributed by atoms with van der Waals surface area (Å²) in [5.41, 5.74) is 0. The maximum Gasteiger partial charge on any atom is 0.331 e. The fraction of sp³-hybridized carbons (Fsp3) is 0.500. The third kappa shape index (κ3) is 20.0. The van der Waals surface area contributed by atoms with Crippen molar-refractivity contribution in [3.63, 3.8) is 0 Å². The van der Waals surface area contributed by atoms with Crippen LogP contribution in [-0.4, -0.2) is 30.9 Å². The second kappa shape index (κ2) is 9.94. The average molecular weight is 133 g/mol. The second-order valence-electron chi connectivity index (χ2n) is 0.836. The molecule has 0 saturated carbocycles. The van der Waals surface area contributed by atoms with Crippen molar-refractivity contribution < 1.29 is 19.4 Å². The van der Waals surface area contributed by atoms with Crippen molar-refractivity contribution in [1.82, 2.24) is 0 Å². The van der Waals surface area contributed by atoms with Gasteiger partial charge in [0.1, 0.15) is 6.61 Å². The van der Waals surface area contributed by atoms with Gasteiger partial charge in [0.2, 0.25) is 6.08 Å². The van der Waals surface area contributed by atoms with Gasteiger partial charge in [-0.3, -0.25) is 0 Å². The number of rotatable bonds is 1. The number of methoxy groups -OCH3 is 1. The molecule has 0 aliphatic rings. The van der Waals surface area contributed by atoms with Crippen LogP contribution in [0, 0.1) is 5.41 Å². The van der Waals surface area contributed by atoms with Crippen LogP contribution in [0.15, 0.2) is 0 Å². The summed E-state index contributed by atoms with van der Waals surface area (Å²) in [6.45, 7) is -0.531. The first-order valence-electron chi connectivity index (χ1n) is 1.94. The number of ether oxygens (including phenoxy) is 1. The summed E-state index contributed by atoms with van der Waals surface area (Å²) in [5.74, 6) is -0.602. The summed E-state index contributed by atoms with van der Waals surface area (Å²) in [6.07, 6.45) is 0.750. The third-order valence-corrected chi connectivity index (χ3v) is 0.357. The number of esters is 1. The molecule has 2 N–H and O–H groups in total. The van der Waals surface area contributed by atoms with Gasteiger partial charge in [-0.1, -0.05) is 0 Å². The van der Waals surface area contributed by atoms with Gasteiger partial charge in [0, 0.05) is 0 Å². The highest BCUT2D eigenvalue weighted by atomic mass is 16.5. The summed E-state index contributed by atoms with van der Waals surface area (Å²) in [5, 5.41) is 13.3. The number of carbonyl (C=O) groups is 1. The molecule has 0 atom stereocenters. The Balaban J connectivity index is 0. The molecule has 0 radical (unpaired) electrons. The van der Waals surface area contributed by atoms with Crippen LogP contribution in [0.1, 0.15) is 0 Å². The standard InChI is InChI=1S/C3H6O3.CHNO/c1-6-3(5)2-4;2-1-3/h4H,2H2,1H3;2H. The molecule has 9 heavy (non-hydrogen) atoms. The minimum atomic E-state index is -0.602. The van der Waals surface area contributed by atoms with Crippen molar-refractivity contribution in [1.29, 1.82) is 5.41 Å². The van der Waals surface area contributed by atoms with Crippen LogP contribution >= 0.6 is 0 Å². The van der Waals surface area contributed by atoms with E-state index >= 15 is 0 Å². The molecule has 0 aliphatic heterocycles. The Labute approximate surface area is 51.8 Å². The Kier molecular flexibility index (Phi) is 11.8. The smallest absolute Gasteiger partial charge is 0.331 e. The van der Waals surface area contributed by atoms with E-state index in [2.05, 4.69) is 4.74 Å². The van der Waals surface area contributed by atoms with E-state index < -0.39 is 12.6 Å². The molecule has 0 heterocycles. The van der Waals surface area contributed by atoms with Crippen molar-refractivity contribution in [2.75, 3.05) is 13.7 Å². The lowest BCUT2D eigenvalue weighted by Gasteiger charge is -1.86. The number of carbonyl (C=O) groups excluding carboxylic acids is 2. The number of isocyanates is 1. The van der Waals surface area contributed by atoms with E-state index in [9.17, 15) is 4.79 Å². The number of hydrogen-bond acceptors (Lipinski definition) is 5. The van der Waals surface area contributed by atoms with Gasteiger partial charge in [0.05, 0.1) is 7.11 Å². The zero-order chi connectivity index (χ0) is 7.70. The van der Waals surface area contributed by atoms with Crippen LogP contribution in [0.5, 0.6) is 0 Å². The molecule has 0 bridgehead atoms. The summed E-state index contributed by atoms with van der Waals surface area (Å²) < 4.78 is 4.01. The van der Waals surface area contributed by atoms with Crippen LogP contribution in [0.2, 0.25) is 0 Å². The quantitative estimate of drug-likeness (QED) is 0.274. The van der Waals surface area contributed by atoms with Gasteiger partial charge >= 0.3 is 5.97 Å². The topological polar surface area (TPSA) is 87.4 Å². The molecule has 0 aromatic heterocycles. The first-order chi connectivity index (χ1) is 4.22. The molecule has 0 aliphatic carbocycles. The van der Waals surface area contributed by atoms with Crippen molar-refractivity contribution in [2.45, 2.75) is 0 Å². The zero-order valence-corrected chi connectivity index (χ0v) is 4.88. The Morgan fingerprint density at radius 3 is 2.22 bits per heavy atom. The van der Waals surface area contributed by atoms with E-state index in [1.54, 1.807) is 0 Å². The molecule has 0 aromatic rings. The lowest BCUT2D eigenvalue weighted by Crippen LogP contribution is -2.04. The largest absolute Gasteiger partial charge is 0.467 e. The maximum atomic E-state index is 9.71. The Morgan fingerprint density at radius 1 is 1.89 bits per heavy atom. The third-order valence-electron chi connectivity index (χ3n) is 0.357. The van der Waals surface area contributed by atoms with E-state index in [1.807, 2.05) is 0 Å². The highest BCUT2D eigenvalue weighted by molar-refractivity contribution is 5.70. The molecular weight excluding hydrogens is 126 g/mol. The molecule has 0 amide bonds. The van der Waals surface area contributed by atoms with Gasteiger partial charge in [-0.15, -0.1) is 0 Å². The minimum Gasteiger partial charge on any atom is -0.467 e. The van der Waals surface area contributed by atoms with E-state index in [0.29, 0.717) is 0 Å². The Hall–Kier alpha value is -1.19. The Bertz CT molecular complexity index is 99.1. The molecule has 0 spiro atoms. The van der Waals surface area contributed by atoms with Crippen LogP contribution in [0.3, 0.4) is 0 Å². The molecule has 5 heteroatoms. The second-order valence-corrected chi connectivity index (χ2v) is 0.836. The van der Waals surface area contributed by atoms with Crippen LogP contribution in [0.4, 0.5) is 0 Å². The van der Waals surface area contributed by atoms with Gasteiger partial charge in [-0.05, 0) is 0 Å². The van der Waals surface area contributed by atoms with E-state index in [4.69, 9.17) is 15.3 Å². The van der Waals surface area contributed by atoms with E-state index in [1.165, 1.54) is 7.11 Å². The fourth-order valence-corrected chi connectivity index (χ4v) is 0.0645. The molecule has 0 saturated heterocycles. The van der Waals surface area contributed by atoms with E-state index in [-0.39, 0.29) is 0 Å². The minimum absolute atomic E-state index is 0.531. The number of hydrogen-bond donors (Lipinski definition) is 2. The van der Waals surface area contributed by atoms with Gasteiger partial charge in [0.15, 0.2) is 0 Å². The van der Waals surface area contributed by atoms with Crippen LogP contribution in [0.25, 0.3) is 0 Å². The molecule has 0 fully saturated rings. The van der Waals surface area contributed by atoms with Crippen molar-refractivity contribution in [3.05, 3.63) is 0 Å². The van der Waals surface area contributed by atoms with Crippen molar-refractivity contribution in [2.24, 2.45) is 0 Å². The first-order valence-corrected chi connectivity index (χ1v) is 1.94. The lowest BCUT2D eigenvalue weighted by molar-refractivity contribution is -0.143. The Morgan fingerprint density at radius 2 is 2.22 bits per heavy atom. The fourth-order valence-electron chi connectivity index (χ4n) is 0.0645. The molecule has 5 nitrogen and oxygen atoms in total. The number of nitrogens with one attached hydrogen (secondary N) is 1. The van der Waals surface area contributed by atoms with Crippen molar-refractivity contribution in [3.8, 4) is 0 Å². The zero-order valence-electron chi connectivity index (χ0n) is 4.88. The molecule has 0 unspecified atom stereocenters. The van der Waals surface area contributed by atoms with Gasteiger partial charge in [0.25, 0.3) is 0 Å². The molecule has 0 aromatic carbocycles. The monoisotopic (exact) mass is 133 g/mol. The van der Waals surface area contributed by atoms with Crippen molar-refractivity contribution >= 4 is 12.0 Å². The van der Waals surface area contributed by atoms with Gasteiger partial charge < -0.3 is 9.84 Å². The van der Waals surface area contributed by atoms with Gasteiger partial charge in [-0.2, -0.15) is 0 Å². The highest BCUT2D eigenvalue weighted by Gasteiger charge is 1.89. The van der Waals surface area contributed by atoms with E-state index in [0.717, 1.165) is 6.08 Å². The van der Waals surface area contributed by atoms with Crippen LogP contribution < -0.4 is 0 Å². The molecule has 52 valence electrons. The average Bonchev–Trinajstić information content (AvgIpc) is 1.88. The SMILES string of the molecule is COC(=O)CO.N=C=O. The normalized spacial score (nSPS) is 6.00. The number of aliphatic hydroxyl groups is 1. The summed E-state index contributed by atoms with van der Waals surface area (Å²) >= 11 is 0. The van der Waals surface area contributed by atoms with Gasteiger partial charge in [-0.25, -0.2) is 15.0 Å². The molecule has 0 rings (SSSR count). The summed E-state index contributed by atoms with van der Waals surface area (Å²) in [7, 11) is 1.22. The lowest BCUT2D eigenvalue weighted by atomic mass is 10.8. The summed E-state index contributed by atoms with van der Waals surface area (Å²) in [4.78, 5) is 18.1. The highest BCUT2D eigenvalue weighted by Crippen LogP contribution is 1.63.